The first-order valence-electron chi connectivity index (χ1n) is 5.04. The van der Waals surface area contributed by atoms with E-state index in [0.29, 0.717) is 0 Å². The summed E-state index contributed by atoms with van der Waals surface area (Å²) in [7, 11) is 2.03. The SMILES string of the molecule is CN1CC(N)C(c2ccc(O)c(O)c2)C1. The van der Waals surface area contributed by atoms with Crippen LogP contribution in [0.4, 0.5) is 0 Å². The van der Waals surface area contributed by atoms with Crippen molar-refractivity contribution in [1.82, 2.24) is 4.90 Å². The van der Waals surface area contributed by atoms with Crippen LogP contribution in [-0.4, -0.2) is 41.3 Å². The van der Waals surface area contributed by atoms with Crippen LogP contribution in [0, 0.1) is 0 Å². The van der Waals surface area contributed by atoms with Crippen molar-refractivity contribution in [3.8, 4) is 11.5 Å². The van der Waals surface area contributed by atoms with Crippen LogP contribution in [-0.2, 0) is 0 Å². The lowest BCUT2D eigenvalue weighted by molar-refractivity contribution is 0.400. The topological polar surface area (TPSA) is 69.7 Å². The Morgan fingerprint density at radius 3 is 2.53 bits per heavy atom. The van der Waals surface area contributed by atoms with Gasteiger partial charge in [0.05, 0.1) is 0 Å². The van der Waals surface area contributed by atoms with Crippen molar-refractivity contribution in [3.63, 3.8) is 0 Å². The zero-order chi connectivity index (χ0) is 11.0. The molecule has 0 aliphatic carbocycles. The standard InChI is InChI=1S/C11H16N2O2/c1-13-5-8(9(12)6-13)7-2-3-10(14)11(15)4-7/h2-4,8-9,14-15H,5-6,12H2,1H3. The van der Waals surface area contributed by atoms with Crippen molar-refractivity contribution in [2.75, 3.05) is 20.1 Å². The second kappa shape index (κ2) is 3.72. The Hall–Kier alpha value is -1.26. The van der Waals surface area contributed by atoms with Gasteiger partial charge >= 0.3 is 0 Å². The average molecular weight is 208 g/mol. The maximum absolute atomic E-state index is 9.41. The van der Waals surface area contributed by atoms with Gasteiger partial charge in [-0.15, -0.1) is 0 Å². The number of nitrogens with zero attached hydrogens (tertiary/aromatic N) is 1. The lowest BCUT2D eigenvalue weighted by atomic mass is 9.94. The van der Waals surface area contributed by atoms with E-state index in [1.54, 1.807) is 6.07 Å². The summed E-state index contributed by atoms with van der Waals surface area (Å²) in [6.45, 7) is 1.76. The normalized spacial score (nSPS) is 27.1. The molecule has 0 saturated carbocycles. The lowest BCUT2D eigenvalue weighted by Crippen LogP contribution is -2.27. The summed E-state index contributed by atoms with van der Waals surface area (Å²) in [6, 6.07) is 5.02. The second-order valence-corrected chi connectivity index (χ2v) is 4.24. The molecule has 0 aromatic heterocycles. The fourth-order valence-corrected chi connectivity index (χ4v) is 2.16. The third kappa shape index (κ3) is 1.91. The third-order valence-electron chi connectivity index (χ3n) is 2.98. The van der Waals surface area contributed by atoms with Gasteiger partial charge in [-0.25, -0.2) is 0 Å². The summed E-state index contributed by atoms with van der Waals surface area (Å²) in [4.78, 5) is 2.17. The van der Waals surface area contributed by atoms with Gasteiger partial charge in [-0.3, -0.25) is 0 Å². The molecular weight excluding hydrogens is 192 g/mol. The van der Waals surface area contributed by atoms with E-state index < -0.39 is 0 Å². The Morgan fingerprint density at radius 2 is 2.00 bits per heavy atom. The molecule has 0 bridgehead atoms. The first kappa shape index (κ1) is 10.3. The highest BCUT2D eigenvalue weighted by molar-refractivity contribution is 5.42. The van der Waals surface area contributed by atoms with Crippen molar-refractivity contribution in [1.29, 1.82) is 0 Å². The maximum Gasteiger partial charge on any atom is 0.157 e. The number of likely N-dealkylation sites (N-methyl/N-ethyl adjacent to an activating group) is 1. The minimum absolute atomic E-state index is 0.0748. The van der Waals surface area contributed by atoms with Crippen LogP contribution in [0.15, 0.2) is 18.2 Å². The molecule has 4 N–H and O–H groups in total. The van der Waals surface area contributed by atoms with Crippen LogP contribution in [0.2, 0.25) is 0 Å². The largest absolute Gasteiger partial charge is 0.504 e. The number of benzene rings is 1. The Balaban J connectivity index is 2.26. The maximum atomic E-state index is 9.41. The highest BCUT2D eigenvalue weighted by Crippen LogP contribution is 2.32. The van der Waals surface area contributed by atoms with Gasteiger partial charge in [-0.1, -0.05) is 6.07 Å². The molecule has 1 heterocycles. The van der Waals surface area contributed by atoms with Crippen molar-refractivity contribution in [2.45, 2.75) is 12.0 Å². The van der Waals surface area contributed by atoms with E-state index in [0.717, 1.165) is 18.7 Å². The minimum atomic E-state index is -0.0846. The first-order valence-corrected chi connectivity index (χ1v) is 5.04. The Bertz CT molecular complexity index is 368. The highest BCUT2D eigenvalue weighted by Gasteiger charge is 2.29. The van der Waals surface area contributed by atoms with Crippen molar-refractivity contribution in [3.05, 3.63) is 23.8 Å². The zero-order valence-corrected chi connectivity index (χ0v) is 8.72. The lowest BCUT2D eigenvalue weighted by Gasteiger charge is -2.15. The molecule has 15 heavy (non-hydrogen) atoms. The Morgan fingerprint density at radius 1 is 1.27 bits per heavy atom. The van der Waals surface area contributed by atoms with Gasteiger partial charge in [0.25, 0.3) is 0 Å². The molecule has 1 aliphatic heterocycles. The van der Waals surface area contributed by atoms with Gasteiger partial charge in [0, 0.05) is 25.0 Å². The van der Waals surface area contributed by atoms with Crippen molar-refractivity contribution >= 4 is 0 Å². The van der Waals surface area contributed by atoms with Crippen LogP contribution in [0.1, 0.15) is 11.5 Å². The summed E-state index contributed by atoms with van der Waals surface area (Å²) in [6.07, 6.45) is 0. The molecule has 0 radical (unpaired) electrons. The molecule has 1 aromatic rings. The van der Waals surface area contributed by atoms with E-state index in [4.69, 9.17) is 5.73 Å². The van der Waals surface area contributed by atoms with Crippen molar-refractivity contribution < 1.29 is 10.2 Å². The van der Waals surface area contributed by atoms with E-state index in [2.05, 4.69) is 4.90 Å². The van der Waals surface area contributed by atoms with Gasteiger partial charge in [0.2, 0.25) is 0 Å². The van der Waals surface area contributed by atoms with E-state index >= 15 is 0 Å². The number of likely N-dealkylation sites (tertiary alicyclic amines) is 1. The summed E-state index contributed by atoms with van der Waals surface area (Å²) in [5.74, 6) is 0.0782. The molecule has 0 spiro atoms. The van der Waals surface area contributed by atoms with Crippen molar-refractivity contribution in [2.24, 2.45) is 5.73 Å². The highest BCUT2D eigenvalue weighted by atomic mass is 16.3. The van der Waals surface area contributed by atoms with Gasteiger partial charge in [-0.2, -0.15) is 0 Å². The molecule has 2 atom stereocenters. The first-order chi connectivity index (χ1) is 7.08. The van der Waals surface area contributed by atoms with Crippen LogP contribution < -0.4 is 5.73 Å². The zero-order valence-electron chi connectivity index (χ0n) is 8.72. The quantitative estimate of drug-likeness (QED) is 0.586. The van der Waals surface area contributed by atoms with Gasteiger partial charge < -0.3 is 20.8 Å². The van der Waals surface area contributed by atoms with Crippen LogP contribution in [0.25, 0.3) is 0 Å². The van der Waals surface area contributed by atoms with Gasteiger partial charge in [0.1, 0.15) is 0 Å². The number of aromatic hydroxyl groups is 2. The van der Waals surface area contributed by atoms with E-state index in [-0.39, 0.29) is 23.5 Å². The predicted molar refractivity (Wildman–Crippen MR) is 58.0 cm³/mol. The minimum Gasteiger partial charge on any atom is -0.504 e. The Labute approximate surface area is 88.9 Å². The van der Waals surface area contributed by atoms with E-state index in [9.17, 15) is 10.2 Å². The summed E-state index contributed by atoms with van der Waals surface area (Å²) < 4.78 is 0. The van der Waals surface area contributed by atoms with E-state index in [1.807, 2.05) is 13.1 Å². The van der Waals surface area contributed by atoms with Gasteiger partial charge in [-0.05, 0) is 24.7 Å². The molecule has 1 aliphatic rings. The summed E-state index contributed by atoms with van der Waals surface area (Å²) >= 11 is 0. The molecular formula is C11H16N2O2. The van der Waals surface area contributed by atoms with Crippen LogP contribution >= 0.6 is 0 Å². The van der Waals surface area contributed by atoms with Crippen LogP contribution in [0.3, 0.4) is 0 Å². The van der Waals surface area contributed by atoms with Gasteiger partial charge in [0.15, 0.2) is 11.5 Å². The summed E-state index contributed by atoms with van der Waals surface area (Å²) in [5, 5.41) is 18.6. The molecule has 4 nitrogen and oxygen atoms in total. The molecule has 1 saturated heterocycles. The predicted octanol–water partition coefficient (Wildman–Crippen LogP) is 0.454. The number of nitrogens with two attached hydrogens (primary N) is 1. The number of phenolic OH excluding ortho intramolecular Hbond substituents is 2. The monoisotopic (exact) mass is 208 g/mol. The number of rotatable bonds is 1. The molecule has 0 amide bonds. The molecule has 1 aromatic carbocycles. The summed E-state index contributed by atoms with van der Waals surface area (Å²) in [5.41, 5.74) is 6.99. The Kier molecular flexibility index (Phi) is 2.54. The van der Waals surface area contributed by atoms with Crippen LogP contribution in [0.5, 0.6) is 11.5 Å². The third-order valence-corrected chi connectivity index (χ3v) is 2.98. The van der Waals surface area contributed by atoms with E-state index in [1.165, 1.54) is 6.07 Å². The average Bonchev–Trinajstić information content (AvgIpc) is 2.50. The molecule has 4 heteroatoms. The molecule has 82 valence electrons. The fraction of sp³-hybridized carbons (Fsp3) is 0.455. The fourth-order valence-electron chi connectivity index (χ4n) is 2.16. The number of phenols is 2. The second-order valence-electron chi connectivity index (χ2n) is 4.24. The molecule has 2 rings (SSSR count). The number of hydrogen-bond donors (Lipinski definition) is 3. The molecule has 2 unspecified atom stereocenters. The number of hydrogen-bond acceptors (Lipinski definition) is 4. The molecule has 1 fully saturated rings. The smallest absolute Gasteiger partial charge is 0.157 e.